The van der Waals surface area contributed by atoms with E-state index >= 15 is 0 Å². The molecule has 1 amide bonds. The van der Waals surface area contributed by atoms with Gasteiger partial charge in [0.1, 0.15) is 11.8 Å². The van der Waals surface area contributed by atoms with Crippen LogP contribution in [0.1, 0.15) is 11.1 Å². The van der Waals surface area contributed by atoms with E-state index in [0.29, 0.717) is 6.42 Å². The topological polar surface area (TPSA) is 80.3 Å². The molecule has 8 heteroatoms. The molecule has 0 spiro atoms. The molecule has 5 rings (SSSR count). The lowest BCUT2D eigenvalue weighted by atomic mass is 10.1. The van der Waals surface area contributed by atoms with Gasteiger partial charge < -0.3 is 10.2 Å². The largest absolute Gasteiger partial charge is 0.351 e. The number of aryl methyl sites for hydroxylation is 2. The van der Waals surface area contributed by atoms with Crippen LogP contribution >= 0.6 is 0 Å². The summed E-state index contributed by atoms with van der Waals surface area (Å²) in [6.45, 7) is 3.51. The number of anilines is 1. The molecule has 1 aromatic carbocycles. The minimum atomic E-state index is 0.0536. The maximum absolute atomic E-state index is 12.4. The van der Waals surface area contributed by atoms with Crippen LogP contribution in [0, 0.1) is 6.92 Å². The van der Waals surface area contributed by atoms with E-state index in [2.05, 4.69) is 31.5 Å². The van der Waals surface area contributed by atoms with Crippen LogP contribution in [0.3, 0.4) is 0 Å². The third kappa shape index (κ3) is 3.52. The molecular weight excluding hydrogens is 378 g/mol. The number of nitrogens with zero attached hydrogens (tertiary/aromatic N) is 6. The summed E-state index contributed by atoms with van der Waals surface area (Å²) in [5.74, 6) is 0.932. The Morgan fingerprint density at radius 1 is 1.13 bits per heavy atom. The van der Waals surface area contributed by atoms with E-state index in [4.69, 9.17) is 0 Å². The Bertz CT molecular complexity index is 1200. The van der Waals surface area contributed by atoms with Crippen LogP contribution in [0.2, 0.25) is 0 Å². The zero-order valence-corrected chi connectivity index (χ0v) is 17.0. The second kappa shape index (κ2) is 7.29. The molecule has 0 radical (unpaired) electrons. The number of hydrogen-bond acceptors (Lipinski definition) is 5. The normalized spacial score (nSPS) is 14.1. The quantitative estimate of drug-likeness (QED) is 0.553. The van der Waals surface area contributed by atoms with Gasteiger partial charge in [-0.1, -0.05) is 29.8 Å². The lowest BCUT2D eigenvalue weighted by Gasteiger charge is -2.40. The van der Waals surface area contributed by atoms with E-state index in [0.717, 1.165) is 41.1 Å². The highest BCUT2D eigenvalue weighted by Gasteiger charge is 2.30. The SMILES string of the molecule is Cc1ccc(CC(=O)NC2CN(c3ncnn4cc(-c5cnn(C)c5)cc34)C2)cc1. The molecule has 4 aromatic rings. The Labute approximate surface area is 174 Å². The van der Waals surface area contributed by atoms with Crippen molar-refractivity contribution in [2.45, 2.75) is 19.4 Å². The third-order valence-electron chi connectivity index (χ3n) is 5.46. The number of fused-ring (bicyclic) bond motifs is 1. The number of benzene rings is 1. The Balaban J connectivity index is 1.25. The number of hydrogen-bond donors (Lipinski definition) is 1. The van der Waals surface area contributed by atoms with E-state index < -0.39 is 0 Å². The highest BCUT2D eigenvalue weighted by atomic mass is 16.1. The molecule has 152 valence electrons. The van der Waals surface area contributed by atoms with Gasteiger partial charge in [-0.2, -0.15) is 10.2 Å². The summed E-state index contributed by atoms with van der Waals surface area (Å²) in [5.41, 5.74) is 5.26. The maximum Gasteiger partial charge on any atom is 0.224 e. The summed E-state index contributed by atoms with van der Waals surface area (Å²) < 4.78 is 3.62. The van der Waals surface area contributed by atoms with Crippen molar-refractivity contribution in [1.82, 2.24) is 29.7 Å². The van der Waals surface area contributed by atoms with Crippen LogP contribution in [0.5, 0.6) is 0 Å². The molecule has 0 aliphatic carbocycles. The second-order valence-electron chi connectivity index (χ2n) is 7.88. The van der Waals surface area contributed by atoms with Gasteiger partial charge in [0.25, 0.3) is 0 Å². The Morgan fingerprint density at radius 3 is 2.67 bits per heavy atom. The van der Waals surface area contributed by atoms with E-state index in [-0.39, 0.29) is 11.9 Å². The van der Waals surface area contributed by atoms with Crippen LogP contribution in [-0.4, -0.2) is 49.4 Å². The fourth-order valence-electron chi connectivity index (χ4n) is 3.80. The van der Waals surface area contributed by atoms with Crippen molar-refractivity contribution >= 4 is 17.2 Å². The predicted molar refractivity (Wildman–Crippen MR) is 114 cm³/mol. The number of nitrogens with one attached hydrogen (secondary N) is 1. The summed E-state index contributed by atoms with van der Waals surface area (Å²) in [5, 5.41) is 11.7. The average molecular weight is 401 g/mol. The van der Waals surface area contributed by atoms with Crippen molar-refractivity contribution in [2.75, 3.05) is 18.0 Å². The van der Waals surface area contributed by atoms with Gasteiger partial charge >= 0.3 is 0 Å². The maximum atomic E-state index is 12.4. The zero-order valence-electron chi connectivity index (χ0n) is 17.0. The van der Waals surface area contributed by atoms with Crippen LogP contribution in [-0.2, 0) is 18.3 Å². The predicted octanol–water partition coefficient (Wildman–Crippen LogP) is 1.99. The minimum absolute atomic E-state index is 0.0536. The molecule has 1 saturated heterocycles. The van der Waals surface area contributed by atoms with Gasteiger partial charge in [-0.15, -0.1) is 0 Å². The zero-order chi connectivity index (χ0) is 20.7. The van der Waals surface area contributed by atoms with Gasteiger partial charge in [-0.05, 0) is 18.6 Å². The fourth-order valence-corrected chi connectivity index (χ4v) is 3.80. The molecule has 8 nitrogen and oxygen atoms in total. The molecule has 0 unspecified atom stereocenters. The van der Waals surface area contributed by atoms with Crippen molar-refractivity contribution < 1.29 is 4.79 Å². The molecule has 1 fully saturated rings. The average Bonchev–Trinajstić information content (AvgIpc) is 3.32. The number of aromatic nitrogens is 5. The van der Waals surface area contributed by atoms with E-state index in [1.54, 1.807) is 11.0 Å². The summed E-state index contributed by atoms with van der Waals surface area (Å²) >= 11 is 0. The van der Waals surface area contributed by atoms with Gasteiger partial charge in [0.15, 0.2) is 5.82 Å². The van der Waals surface area contributed by atoms with E-state index in [9.17, 15) is 4.79 Å². The van der Waals surface area contributed by atoms with Gasteiger partial charge in [0.2, 0.25) is 5.91 Å². The third-order valence-corrected chi connectivity index (χ3v) is 5.46. The first-order valence-electron chi connectivity index (χ1n) is 9.97. The molecule has 1 N–H and O–H groups in total. The lowest BCUT2D eigenvalue weighted by Crippen LogP contribution is -2.60. The Morgan fingerprint density at radius 2 is 1.93 bits per heavy atom. The van der Waals surface area contributed by atoms with Crippen molar-refractivity contribution in [3.05, 3.63) is 66.4 Å². The molecule has 1 aliphatic rings. The summed E-state index contributed by atoms with van der Waals surface area (Å²) in [4.78, 5) is 19.0. The first-order chi connectivity index (χ1) is 14.5. The molecule has 3 aromatic heterocycles. The van der Waals surface area contributed by atoms with Gasteiger partial charge in [0.05, 0.1) is 18.7 Å². The molecule has 0 atom stereocenters. The minimum Gasteiger partial charge on any atom is -0.351 e. The number of carbonyl (C=O) groups excluding carboxylic acids is 1. The Hall–Kier alpha value is -3.68. The standard InChI is InChI=1S/C22H23N7O/c1-15-3-5-16(6-4-15)7-21(30)26-19-12-28(13-19)22-20-8-17(11-29(20)25-14-23-22)18-9-24-27(2)10-18/h3-6,8-11,14,19H,7,12-13H2,1-2H3,(H,26,30). The van der Waals surface area contributed by atoms with Gasteiger partial charge in [-0.3, -0.25) is 9.48 Å². The molecule has 1 aliphatic heterocycles. The van der Waals surface area contributed by atoms with E-state index in [1.165, 1.54) is 5.56 Å². The second-order valence-corrected chi connectivity index (χ2v) is 7.88. The number of carbonyl (C=O) groups is 1. The smallest absolute Gasteiger partial charge is 0.224 e. The number of amides is 1. The van der Waals surface area contributed by atoms with Crippen molar-refractivity contribution in [3.8, 4) is 11.1 Å². The molecule has 4 heterocycles. The number of rotatable bonds is 5. The van der Waals surface area contributed by atoms with E-state index in [1.807, 2.05) is 61.3 Å². The molecule has 0 bridgehead atoms. The summed E-state index contributed by atoms with van der Waals surface area (Å²) in [6.07, 6.45) is 7.77. The monoisotopic (exact) mass is 401 g/mol. The first kappa shape index (κ1) is 18.4. The Kier molecular flexibility index (Phi) is 4.46. The first-order valence-corrected chi connectivity index (χ1v) is 9.97. The van der Waals surface area contributed by atoms with Crippen LogP contribution in [0.4, 0.5) is 5.82 Å². The van der Waals surface area contributed by atoms with Gasteiger partial charge in [-0.25, -0.2) is 9.50 Å². The summed E-state index contributed by atoms with van der Waals surface area (Å²) in [7, 11) is 1.90. The van der Waals surface area contributed by atoms with Gasteiger partial charge in [0, 0.05) is 43.7 Å². The molecular formula is C22H23N7O. The molecule has 0 saturated carbocycles. The van der Waals surface area contributed by atoms with Crippen LogP contribution in [0.25, 0.3) is 16.6 Å². The van der Waals surface area contributed by atoms with Crippen molar-refractivity contribution in [2.24, 2.45) is 7.05 Å². The fraction of sp³-hybridized carbons (Fsp3) is 0.273. The van der Waals surface area contributed by atoms with Crippen LogP contribution in [0.15, 0.2) is 55.2 Å². The highest BCUT2D eigenvalue weighted by Crippen LogP contribution is 2.28. The lowest BCUT2D eigenvalue weighted by molar-refractivity contribution is -0.121. The highest BCUT2D eigenvalue weighted by molar-refractivity contribution is 5.80. The molecule has 30 heavy (non-hydrogen) atoms. The van der Waals surface area contributed by atoms with Crippen molar-refractivity contribution in [1.29, 1.82) is 0 Å². The van der Waals surface area contributed by atoms with Crippen molar-refractivity contribution in [3.63, 3.8) is 0 Å². The summed E-state index contributed by atoms with van der Waals surface area (Å²) in [6, 6.07) is 10.3. The van der Waals surface area contributed by atoms with Crippen LogP contribution < -0.4 is 10.2 Å².